The van der Waals surface area contributed by atoms with Crippen LogP contribution < -0.4 is 0 Å². The Morgan fingerprint density at radius 3 is 2.70 bits per heavy atom. The molecule has 1 atom stereocenters. The number of nitrogens with one attached hydrogen (secondary N) is 1. The lowest BCUT2D eigenvalue weighted by Gasteiger charge is -2.07. The fraction of sp³-hybridized carbons (Fsp3) is 0.188. The number of carbonyl (C=O) groups excluding carboxylic acids is 1. The highest BCUT2D eigenvalue weighted by molar-refractivity contribution is 6.31. The van der Waals surface area contributed by atoms with Gasteiger partial charge in [0.25, 0.3) is 0 Å². The highest BCUT2D eigenvalue weighted by atomic mass is 35.5. The average molecular weight is 333 g/mol. The Morgan fingerprint density at radius 1 is 1.35 bits per heavy atom. The molecule has 0 saturated carbocycles. The van der Waals surface area contributed by atoms with E-state index < -0.39 is 17.7 Å². The third kappa shape index (κ3) is 2.61. The van der Waals surface area contributed by atoms with E-state index in [1.807, 2.05) is 0 Å². The van der Waals surface area contributed by atoms with Crippen molar-refractivity contribution in [1.82, 2.24) is 10.1 Å². The molecule has 23 heavy (non-hydrogen) atoms. The van der Waals surface area contributed by atoms with Gasteiger partial charge in [0.05, 0.1) is 11.6 Å². The molecule has 1 aromatic carbocycles. The zero-order valence-electron chi connectivity index (χ0n) is 12.4. The maximum absolute atomic E-state index is 12.7. The van der Waals surface area contributed by atoms with Gasteiger partial charge in [-0.3, -0.25) is 9.59 Å². The van der Waals surface area contributed by atoms with Crippen LogP contribution in [0.2, 0.25) is 5.02 Å². The van der Waals surface area contributed by atoms with Crippen molar-refractivity contribution in [3.05, 3.63) is 52.0 Å². The number of carboxylic acids is 1. The zero-order valence-corrected chi connectivity index (χ0v) is 13.1. The molecular formula is C16H13ClN2O4. The normalized spacial score (nSPS) is 12.5. The first kappa shape index (κ1) is 15.3. The molecule has 1 unspecified atom stereocenters. The summed E-state index contributed by atoms with van der Waals surface area (Å²) in [5.74, 6) is -1.80. The molecule has 0 aliphatic carbocycles. The minimum atomic E-state index is -1.02. The van der Waals surface area contributed by atoms with Gasteiger partial charge in [-0.2, -0.15) is 0 Å². The number of halogens is 1. The third-order valence-electron chi connectivity index (χ3n) is 3.69. The number of carboxylic acid groups (broad SMARTS) is 1. The second kappa shape index (κ2) is 5.55. The van der Waals surface area contributed by atoms with E-state index in [2.05, 4.69) is 10.1 Å². The summed E-state index contributed by atoms with van der Waals surface area (Å²) in [4.78, 5) is 27.1. The first-order chi connectivity index (χ1) is 10.9. The number of hydrogen-bond donors (Lipinski definition) is 2. The molecule has 3 rings (SSSR count). The van der Waals surface area contributed by atoms with Gasteiger partial charge in [-0.25, -0.2) is 0 Å². The van der Waals surface area contributed by atoms with Gasteiger partial charge >= 0.3 is 5.97 Å². The van der Waals surface area contributed by atoms with E-state index in [9.17, 15) is 14.7 Å². The molecule has 0 radical (unpaired) electrons. The number of ketones is 1. The maximum Gasteiger partial charge on any atom is 0.310 e. The number of aliphatic carboxylic acids is 1. The first-order valence-electron chi connectivity index (χ1n) is 6.90. The summed E-state index contributed by atoms with van der Waals surface area (Å²) < 4.78 is 4.93. The minimum Gasteiger partial charge on any atom is -0.481 e. The molecule has 2 N–H and O–H groups in total. The molecule has 0 spiro atoms. The predicted molar refractivity (Wildman–Crippen MR) is 84.0 cm³/mol. The average Bonchev–Trinajstić information content (AvgIpc) is 3.08. The third-order valence-corrected chi connectivity index (χ3v) is 3.93. The molecule has 0 amide bonds. The van der Waals surface area contributed by atoms with Gasteiger partial charge in [0.2, 0.25) is 5.78 Å². The smallest absolute Gasteiger partial charge is 0.310 e. The van der Waals surface area contributed by atoms with Crippen molar-refractivity contribution in [2.45, 2.75) is 19.8 Å². The Kier molecular flexibility index (Phi) is 3.69. The molecule has 0 fully saturated rings. The highest BCUT2D eigenvalue weighted by Gasteiger charge is 2.28. The van der Waals surface area contributed by atoms with Gasteiger partial charge in [0.1, 0.15) is 5.76 Å². The van der Waals surface area contributed by atoms with Crippen LogP contribution in [0.25, 0.3) is 10.9 Å². The molecular weight excluding hydrogens is 320 g/mol. The molecule has 0 aliphatic rings. The van der Waals surface area contributed by atoms with Crippen LogP contribution in [0.3, 0.4) is 0 Å². The van der Waals surface area contributed by atoms with E-state index in [0.29, 0.717) is 27.2 Å². The standard InChI is InChI=1S/C16H13ClN2O4/c1-7-5-12(19-23-7)15(20)14-13(8(2)16(21)22)10-4-3-9(17)6-11(10)18-14/h3-6,8,18H,1-2H3,(H,21,22). The summed E-state index contributed by atoms with van der Waals surface area (Å²) >= 11 is 5.97. The van der Waals surface area contributed by atoms with Crippen molar-refractivity contribution >= 4 is 34.3 Å². The lowest BCUT2D eigenvalue weighted by atomic mass is 9.95. The molecule has 2 aromatic heterocycles. The highest BCUT2D eigenvalue weighted by Crippen LogP contribution is 2.32. The van der Waals surface area contributed by atoms with Crippen molar-refractivity contribution in [2.75, 3.05) is 0 Å². The summed E-state index contributed by atoms with van der Waals surface area (Å²) in [6, 6.07) is 6.52. The number of carbonyl (C=O) groups is 2. The van der Waals surface area contributed by atoms with E-state index >= 15 is 0 Å². The molecule has 6 nitrogen and oxygen atoms in total. The topological polar surface area (TPSA) is 96.2 Å². The van der Waals surface area contributed by atoms with Gasteiger partial charge in [-0.1, -0.05) is 22.8 Å². The Morgan fingerprint density at radius 2 is 2.09 bits per heavy atom. The second-order valence-electron chi connectivity index (χ2n) is 5.32. The van der Waals surface area contributed by atoms with Crippen LogP contribution >= 0.6 is 11.6 Å². The number of aromatic nitrogens is 2. The van der Waals surface area contributed by atoms with Crippen LogP contribution in [0, 0.1) is 6.92 Å². The fourth-order valence-corrected chi connectivity index (χ4v) is 2.72. The number of H-pyrrole nitrogens is 1. The van der Waals surface area contributed by atoms with Crippen molar-refractivity contribution in [3.8, 4) is 0 Å². The predicted octanol–water partition coefficient (Wildman–Crippen LogP) is 3.54. The van der Waals surface area contributed by atoms with Crippen LogP contribution in [0.15, 0.2) is 28.8 Å². The number of rotatable bonds is 4. The minimum absolute atomic E-state index is 0.124. The summed E-state index contributed by atoms with van der Waals surface area (Å²) in [6.07, 6.45) is 0. The molecule has 0 bridgehead atoms. The van der Waals surface area contributed by atoms with Gasteiger partial charge in [-0.15, -0.1) is 0 Å². The van der Waals surface area contributed by atoms with Crippen molar-refractivity contribution in [2.24, 2.45) is 0 Å². The van der Waals surface area contributed by atoms with Crippen LogP contribution in [0.1, 0.15) is 40.3 Å². The number of aryl methyl sites for hydroxylation is 1. The molecule has 118 valence electrons. The lowest BCUT2D eigenvalue weighted by molar-refractivity contribution is -0.138. The monoisotopic (exact) mass is 332 g/mol. The van der Waals surface area contributed by atoms with Gasteiger partial charge < -0.3 is 14.6 Å². The molecule has 0 saturated heterocycles. The van der Waals surface area contributed by atoms with Gasteiger partial charge in [0, 0.05) is 27.6 Å². The molecule has 0 aliphatic heterocycles. The summed E-state index contributed by atoms with van der Waals surface area (Å²) in [5.41, 5.74) is 1.32. The number of fused-ring (bicyclic) bond motifs is 1. The fourth-order valence-electron chi connectivity index (χ4n) is 2.55. The number of nitrogens with zero attached hydrogens (tertiary/aromatic N) is 1. The first-order valence-corrected chi connectivity index (χ1v) is 7.28. The SMILES string of the molecule is Cc1cc(C(=O)c2[nH]c3cc(Cl)ccc3c2C(C)C(=O)O)no1. The summed E-state index contributed by atoms with van der Waals surface area (Å²) in [7, 11) is 0. The maximum atomic E-state index is 12.7. The quantitative estimate of drug-likeness (QED) is 0.712. The second-order valence-corrected chi connectivity index (χ2v) is 5.75. The van der Waals surface area contributed by atoms with Crippen molar-refractivity contribution in [1.29, 1.82) is 0 Å². The summed E-state index contributed by atoms with van der Waals surface area (Å²) in [6.45, 7) is 3.21. The molecule has 2 heterocycles. The van der Waals surface area contributed by atoms with Crippen LogP contribution in [0.5, 0.6) is 0 Å². The Bertz CT molecular complexity index is 925. The largest absolute Gasteiger partial charge is 0.481 e. The Hall–Kier alpha value is -2.60. The molecule has 7 heteroatoms. The van der Waals surface area contributed by atoms with Gasteiger partial charge in [0.15, 0.2) is 5.69 Å². The summed E-state index contributed by atoms with van der Waals surface area (Å²) in [5, 5.41) is 14.2. The van der Waals surface area contributed by atoms with Crippen LogP contribution in [-0.2, 0) is 4.79 Å². The van der Waals surface area contributed by atoms with Gasteiger partial charge in [-0.05, 0) is 26.0 Å². The van der Waals surface area contributed by atoms with Crippen molar-refractivity contribution < 1.29 is 19.2 Å². The van der Waals surface area contributed by atoms with E-state index in [0.717, 1.165) is 0 Å². The van der Waals surface area contributed by atoms with E-state index in [4.69, 9.17) is 16.1 Å². The molecule has 3 aromatic rings. The van der Waals surface area contributed by atoms with E-state index in [1.165, 1.54) is 13.0 Å². The number of benzene rings is 1. The Balaban J connectivity index is 2.24. The number of hydrogen-bond acceptors (Lipinski definition) is 4. The van der Waals surface area contributed by atoms with E-state index in [-0.39, 0.29) is 11.4 Å². The van der Waals surface area contributed by atoms with Crippen molar-refractivity contribution in [3.63, 3.8) is 0 Å². The zero-order chi connectivity index (χ0) is 16.7. The van der Waals surface area contributed by atoms with Crippen LogP contribution in [0.4, 0.5) is 0 Å². The van der Waals surface area contributed by atoms with E-state index in [1.54, 1.807) is 25.1 Å². The number of aromatic amines is 1. The lowest BCUT2D eigenvalue weighted by Crippen LogP contribution is -2.13. The van der Waals surface area contributed by atoms with Crippen LogP contribution in [-0.4, -0.2) is 27.0 Å². The Labute approximate surface area is 136 Å².